The molecule has 3 aromatic rings. The number of rotatable bonds is 5. The fourth-order valence-electron chi connectivity index (χ4n) is 4.50. The fraction of sp³-hybridized carbons (Fsp3) is 0.346. The number of hydrogen-bond donors (Lipinski definition) is 0. The van der Waals surface area contributed by atoms with Gasteiger partial charge in [0, 0.05) is 38.3 Å². The summed E-state index contributed by atoms with van der Waals surface area (Å²) in [7, 11) is 2.10. The summed E-state index contributed by atoms with van der Waals surface area (Å²) in [6.45, 7) is 7.29. The van der Waals surface area contributed by atoms with Crippen LogP contribution in [0.3, 0.4) is 0 Å². The summed E-state index contributed by atoms with van der Waals surface area (Å²) in [5.41, 5.74) is 1.01. The molecule has 1 atom stereocenters. The van der Waals surface area contributed by atoms with Crippen LogP contribution in [0.5, 0.6) is 0 Å². The zero-order valence-electron chi connectivity index (χ0n) is 20.4. The Balaban J connectivity index is 1.58. The number of hydrogen-bond acceptors (Lipinski definition) is 8. The molecule has 2 aliphatic heterocycles. The Morgan fingerprint density at radius 2 is 1.92 bits per heavy atom. The van der Waals surface area contributed by atoms with Gasteiger partial charge in [0.25, 0.3) is 5.56 Å². The van der Waals surface area contributed by atoms with Crippen molar-refractivity contribution in [3.05, 3.63) is 84.5 Å². The monoisotopic (exact) mass is 510 g/mol. The summed E-state index contributed by atoms with van der Waals surface area (Å²) < 4.78 is 26.9. The van der Waals surface area contributed by atoms with Crippen LogP contribution in [-0.4, -0.2) is 55.3 Å². The van der Waals surface area contributed by atoms with Crippen molar-refractivity contribution in [2.24, 2.45) is 4.99 Å². The van der Waals surface area contributed by atoms with Crippen LogP contribution < -0.4 is 19.8 Å². The molecule has 4 heterocycles. The van der Waals surface area contributed by atoms with Crippen LogP contribution in [0, 0.1) is 5.82 Å². The zero-order valence-corrected chi connectivity index (χ0v) is 21.2. The van der Waals surface area contributed by atoms with Crippen LogP contribution in [0.25, 0.3) is 6.08 Å². The number of halogens is 1. The molecule has 188 valence electrons. The Bertz CT molecular complexity index is 1490. The number of nitrogens with zero attached hydrogens (tertiary/aromatic N) is 4. The van der Waals surface area contributed by atoms with E-state index in [0.29, 0.717) is 26.4 Å². The summed E-state index contributed by atoms with van der Waals surface area (Å²) in [4.78, 5) is 36.0. The summed E-state index contributed by atoms with van der Waals surface area (Å²) in [5, 5.41) is 0. The van der Waals surface area contributed by atoms with E-state index >= 15 is 0 Å². The van der Waals surface area contributed by atoms with Crippen LogP contribution in [0.4, 0.5) is 10.3 Å². The van der Waals surface area contributed by atoms with Crippen molar-refractivity contribution in [2.75, 3.05) is 44.7 Å². The number of anilines is 1. The second-order valence-electron chi connectivity index (χ2n) is 8.82. The van der Waals surface area contributed by atoms with Gasteiger partial charge < -0.3 is 19.0 Å². The van der Waals surface area contributed by atoms with Crippen LogP contribution in [0.1, 0.15) is 31.2 Å². The van der Waals surface area contributed by atoms with Gasteiger partial charge in [-0.25, -0.2) is 14.2 Å². The zero-order chi connectivity index (χ0) is 25.4. The minimum atomic E-state index is -0.777. The molecular formula is C26H27FN4O4S. The lowest BCUT2D eigenvalue weighted by molar-refractivity contribution is -0.139. The van der Waals surface area contributed by atoms with Gasteiger partial charge in [-0.2, -0.15) is 0 Å². The summed E-state index contributed by atoms with van der Waals surface area (Å²) >= 11 is 1.22. The first-order valence-electron chi connectivity index (χ1n) is 11.8. The lowest BCUT2D eigenvalue weighted by Gasteiger charge is -2.32. The molecule has 0 N–H and O–H groups in total. The first-order valence-corrected chi connectivity index (χ1v) is 12.7. The van der Waals surface area contributed by atoms with E-state index in [2.05, 4.69) is 21.8 Å². The van der Waals surface area contributed by atoms with Gasteiger partial charge >= 0.3 is 5.97 Å². The summed E-state index contributed by atoms with van der Waals surface area (Å²) in [6.07, 6.45) is 1.70. The molecular weight excluding hydrogens is 483 g/mol. The normalized spacial score (nSPS) is 18.8. The second-order valence-corrected chi connectivity index (χ2v) is 9.83. The Hall–Kier alpha value is -3.50. The predicted molar refractivity (Wildman–Crippen MR) is 135 cm³/mol. The predicted octanol–water partition coefficient (Wildman–Crippen LogP) is 2.28. The average molecular weight is 511 g/mol. The highest BCUT2D eigenvalue weighted by Gasteiger charge is 2.33. The van der Waals surface area contributed by atoms with Gasteiger partial charge in [-0.05, 0) is 44.7 Å². The number of likely N-dealkylation sites (N-methyl/N-ethyl adjacent to an activating group) is 1. The number of carbonyl (C=O) groups is 1. The van der Waals surface area contributed by atoms with Gasteiger partial charge in [0.1, 0.15) is 11.6 Å². The second kappa shape index (κ2) is 9.87. The summed E-state index contributed by atoms with van der Waals surface area (Å²) in [5.74, 6) is 0.379. The number of benzene rings is 1. The number of allylic oxidation sites excluding steroid dienone is 1. The molecule has 0 saturated carbocycles. The number of ether oxygens (including phenoxy) is 1. The Morgan fingerprint density at radius 3 is 2.61 bits per heavy atom. The minimum absolute atomic E-state index is 0.185. The van der Waals surface area contributed by atoms with E-state index in [-0.39, 0.29) is 17.7 Å². The standard InChI is InChI=1S/C26H27FN4O4S/c1-4-34-25(33)22-16(2)28-26-31(23(22)17-5-7-18(27)8-6-17)24(32)20(36-26)15-19-9-10-21(35-19)30-13-11-29(3)12-14-30/h5-10,15,23H,4,11-14H2,1-3H3/b20-15+. The fourth-order valence-corrected chi connectivity index (χ4v) is 5.52. The summed E-state index contributed by atoms with van der Waals surface area (Å²) in [6, 6.07) is 8.75. The number of thiazole rings is 1. The van der Waals surface area contributed by atoms with Crippen molar-refractivity contribution < 1.29 is 18.3 Å². The molecule has 36 heavy (non-hydrogen) atoms. The van der Waals surface area contributed by atoms with E-state index < -0.39 is 17.8 Å². The van der Waals surface area contributed by atoms with Gasteiger partial charge in [0.15, 0.2) is 10.7 Å². The highest BCUT2D eigenvalue weighted by atomic mass is 32.1. The average Bonchev–Trinajstić information content (AvgIpc) is 3.44. The van der Waals surface area contributed by atoms with Crippen LogP contribution in [0.2, 0.25) is 0 Å². The molecule has 8 nitrogen and oxygen atoms in total. The first-order chi connectivity index (χ1) is 17.4. The van der Waals surface area contributed by atoms with E-state index in [1.54, 1.807) is 32.1 Å². The Kier molecular flexibility index (Phi) is 6.63. The molecule has 0 aliphatic carbocycles. The first kappa shape index (κ1) is 24.2. The lowest BCUT2D eigenvalue weighted by Crippen LogP contribution is -2.44. The number of fused-ring (bicyclic) bond motifs is 1. The van der Waals surface area contributed by atoms with Gasteiger partial charge in [-0.15, -0.1) is 0 Å². The van der Waals surface area contributed by atoms with Crippen molar-refractivity contribution in [3.63, 3.8) is 0 Å². The largest absolute Gasteiger partial charge is 0.463 e. The molecule has 10 heteroatoms. The molecule has 1 fully saturated rings. The Labute approximate surface area is 211 Å². The van der Waals surface area contributed by atoms with Crippen molar-refractivity contribution >= 4 is 29.3 Å². The van der Waals surface area contributed by atoms with Crippen molar-refractivity contribution in [1.29, 1.82) is 0 Å². The lowest BCUT2D eigenvalue weighted by atomic mass is 9.96. The number of piperazine rings is 1. The molecule has 5 rings (SSSR count). The van der Waals surface area contributed by atoms with Gasteiger partial charge in [-0.1, -0.05) is 23.5 Å². The Morgan fingerprint density at radius 1 is 1.19 bits per heavy atom. The van der Waals surface area contributed by atoms with Crippen molar-refractivity contribution in [1.82, 2.24) is 9.47 Å². The quantitative estimate of drug-likeness (QED) is 0.490. The van der Waals surface area contributed by atoms with E-state index in [4.69, 9.17) is 9.15 Å². The molecule has 0 spiro atoms. The number of esters is 1. The van der Waals surface area contributed by atoms with Gasteiger partial charge in [0.2, 0.25) is 0 Å². The van der Waals surface area contributed by atoms with E-state index in [9.17, 15) is 14.0 Å². The van der Waals surface area contributed by atoms with Crippen LogP contribution in [-0.2, 0) is 9.53 Å². The molecule has 0 bridgehead atoms. The van der Waals surface area contributed by atoms with Gasteiger partial charge in [-0.3, -0.25) is 9.36 Å². The molecule has 2 aromatic heterocycles. The third-order valence-corrected chi connectivity index (χ3v) is 7.39. The minimum Gasteiger partial charge on any atom is -0.463 e. The molecule has 2 aliphatic rings. The SMILES string of the molecule is CCOC(=O)C1=C(C)N=c2s/c(=C/c3ccc(N4CCN(C)CC4)o3)c(=O)n2C1c1ccc(F)cc1. The highest BCUT2D eigenvalue weighted by molar-refractivity contribution is 7.07. The maximum absolute atomic E-state index is 13.7. The van der Waals surface area contributed by atoms with E-state index in [1.807, 2.05) is 12.1 Å². The third kappa shape index (κ3) is 4.54. The van der Waals surface area contributed by atoms with Crippen LogP contribution in [0.15, 0.2) is 61.9 Å². The molecule has 0 radical (unpaired) electrons. The molecule has 1 aromatic carbocycles. The van der Waals surface area contributed by atoms with Gasteiger partial charge in [0.05, 0.1) is 28.5 Å². The molecule has 1 unspecified atom stereocenters. The van der Waals surface area contributed by atoms with Crippen molar-refractivity contribution in [3.8, 4) is 0 Å². The third-order valence-electron chi connectivity index (χ3n) is 6.40. The smallest absolute Gasteiger partial charge is 0.338 e. The molecule has 1 saturated heterocycles. The van der Waals surface area contributed by atoms with Crippen molar-refractivity contribution in [2.45, 2.75) is 19.9 Å². The molecule has 0 amide bonds. The maximum Gasteiger partial charge on any atom is 0.338 e. The van der Waals surface area contributed by atoms with E-state index in [1.165, 1.54) is 28.0 Å². The number of furan rings is 1. The topological polar surface area (TPSA) is 80.3 Å². The van der Waals surface area contributed by atoms with E-state index in [0.717, 1.165) is 32.1 Å². The maximum atomic E-state index is 13.7. The number of carbonyl (C=O) groups excluding carboxylic acids is 1. The van der Waals surface area contributed by atoms with Crippen LogP contribution >= 0.6 is 11.3 Å². The highest BCUT2D eigenvalue weighted by Crippen LogP contribution is 2.30. The number of aromatic nitrogens is 1.